The molecular weight excluding hydrogens is 406 g/mol. The van der Waals surface area contributed by atoms with Crippen molar-refractivity contribution in [1.29, 1.82) is 0 Å². The Balaban J connectivity index is 2.20. The first kappa shape index (κ1) is 25.7. The molecule has 1 aliphatic rings. The summed E-state index contributed by atoms with van der Waals surface area (Å²) >= 11 is 0. The zero-order valence-electron chi connectivity index (χ0n) is 20.0. The van der Waals surface area contributed by atoms with E-state index in [1.54, 1.807) is 25.7 Å². The van der Waals surface area contributed by atoms with E-state index in [9.17, 15) is 14.4 Å². The highest BCUT2D eigenvalue weighted by atomic mass is 16.6. The summed E-state index contributed by atoms with van der Waals surface area (Å²) in [5, 5.41) is 5.72. The number of carbonyl (C=O) groups excluding carboxylic acids is 3. The molecule has 1 atom stereocenters. The van der Waals surface area contributed by atoms with Crippen molar-refractivity contribution in [3.8, 4) is 0 Å². The van der Waals surface area contributed by atoms with Crippen molar-refractivity contribution in [2.45, 2.75) is 90.3 Å². The van der Waals surface area contributed by atoms with Gasteiger partial charge in [0.1, 0.15) is 18.2 Å². The minimum atomic E-state index is -0.738. The molecule has 0 aliphatic heterocycles. The lowest BCUT2D eigenvalue weighted by molar-refractivity contribution is -0.140. The third kappa shape index (κ3) is 8.52. The lowest BCUT2D eigenvalue weighted by Crippen LogP contribution is -2.50. The molecular formula is C25H39N3O4. The highest BCUT2D eigenvalue weighted by Crippen LogP contribution is 2.24. The number of carbonyl (C=O) groups is 3. The lowest BCUT2D eigenvalue weighted by atomic mass is 9.94. The van der Waals surface area contributed by atoms with Gasteiger partial charge in [-0.3, -0.25) is 9.59 Å². The topological polar surface area (TPSA) is 87.7 Å². The van der Waals surface area contributed by atoms with E-state index in [0.29, 0.717) is 6.54 Å². The van der Waals surface area contributed by atoms with Gasteiger partial charge in [-0.15, -0.1) is 0 Å². The van der Waals surface area contributed by atoms with Gasteiger partial charge in [-0.1, -0.05) is 62.9 Å². The summed E-state index contributed by atoms with van der Waals surface area (Å²) in [6.45, 7) is 7.55. The second-order valence-corrected chi connectivity index (χ2v) is 9.45. The predicted molar refractivity (Wildman–Crippen MR) is 125 cm³/mol. The zero-order valence-corrected chi connectivity index (χ0v) is 20.0. The number of benzene rings is 1. The van der Waals surface area contributed by atoms with E-state index in [4.69, 9.17) is 4.74 Å². The average molecular weight is 446 g/mol. The second kappa shape index (κ2) is 12.5. The van der Waals surface area contributed by atoms with Crippen LogP contribution in [0.5, 0.6) is 0 Å². The highest BCUT2D eigenvalue weighted by molar-refractivity contribution is 5.90. The number of hydrogen-bond donors (Lipinski definition) is 2. The predicted octanol–water partition coefficient (Wildman–Crippen LogP) is 4.33. The normalized spacial score (nSPS) is 15.5. The van der Waals surface area contributed by atoms with Crippen LogP contribution in [0.15, 0.2) is 30.3 Å². The fourth-order valence-corrected chi connectivity index (χ4v) is 3.92. The monoisotopic (exact) mass is 445 g/mol. The van der Waals surface area contributed by atoms with Gasteiger partial charge in [0.25, 0.3) is 0 Å². The minimum absolute atomic E-state index is 0.144. The summed E-state index contributed by atoms with van der Waals surface area (Å²) in [5.41, 5.74) is 0.115. The molecule has 0 aromatic heterocycles. The number of unbranched alkanes of at least 4 members (excludes halogenated alkanes) is 1. The van der Waals surface area contributed by atoms with Crippen molar-refractivity contribution in [3.63, 3.8) is 0 Å². The van der Waals surface area contributed by atoms with Crippen molar-refractivity contribution in [1.82, 2.24) is 15.5 Å². The molecule has 1 unspecified atom stereocenters. The van der Waals surface area contributed by atoms with Crippen molar-refractivity contribution in [2.24, 2.45) is 0 Å². The van der Waals surface area contributed by atoms with Gasteiger partial charge in [0, 0.05) is 12.6 Å². The van der Waals surface area contributed by atoms with Gasteiger partial charge in [-0.05, 0) is 45.6 Å². The number of alkyl carbamates (subject to hydrolysis) is 1. The Hall–Kier alpha value is -2.57. The van der Waals surface area contributed by atoms with Gasteiger partial charge in [-0.2, -0.15) is 0 Å². The van der Waals surface area contributed by atoms with Gasteiger partial charge in [-0.25, -0.2) is 4.79 Å². The largest absolute Gasteiger partial charge is 0.444 e. The van der Waals surface area contributed by atoms with Crippen LogP contribution in [0.3, 0.4) is 0 Å². The Morgan fingerprint density at radius 3 is 2.34 bits per heavy atom. The first-order valence-electron chi connectivity index (χ1n) is 11.8. The summed E-state index contributed by atoms with van der Waals surface area (Å²) in [5.74, 6) is -0.471. The minimum Gasteiger partial charge on any atom is -0.444 e. The van der Waals surface area contributed by atoms with Crippen LogP contribution >= 0.6 is 0 Å². The summed E-state index contributed by atoms with van der Waals surface area (Å²) in [6, 6.07) is 8.79. The quantitative estimate of drug-likeness (QED) is 0.592. The van der Waals surface area contributed by atoms with Gasteiger partial charge < -0.3 is 20.3 Å². The zero-order chi connectivity index (χ0) is 23.6. The summed E-state index contributed by atoms with van der Waals surface area (Å²) in [6.07, 6.45) is 6.36. The van der Waals surface area contributed by atoms with Crippen LogP contribution in [0.4, 0.5) is 4.79 Å². The molecule has 32 heavy (non-hydrogen) atoms. The highest BCUT2D eigenvalue weighted by Gasteiger charge is 2.32. The molecule has 0 spiro atoms. The molecule has 178 valence electrons. The molecule has 1 aromatic carbocycles. The van der Waals surface area contributed by atoms with E-state index >= 15 is 0 Å². The maximum Gasteiger partial charge on any atom is 0.408 e. The Morgan fingerprint density at radius 1 is 1.09 bits per heavy atom. The molecule has 2 N–H and O–H groups in total. The van der Waals surface area contributed by atoms with Crippen molar-refractivity contribution in [3.05, 3.63) is 35.9 Å². The Morgan fingerprint density at radius 2 is 1.75 bits per heavy atom. The third-order valence-electron chi connectivity index (χ3n) is 5.48. The second-order valence-electron chi connectivity index (χ2n) is 9.45. The third-order valence-corrected chi connectivity index (χ3v) is 5.48. The number of hydrogen-bond acceptors (Lipinski definition) is 4. The summed E-state index contributed by atoms with van der Waals surface area (Å²) < 4.78 is 5.24. The molecule has 0 radical (unpaired) electrons. The van der Waals surface area contributed by atoms with Crippen LogP contribution in [0.25, 0.3) is 0 Å². The smallest absolute Gasteiger partial charge is 0.408 e. The maximum atomic E-state index is 13.4. The molecule has 1 fully saturated rings. The molecule has 7 heteroatoms. The first-order chi connectivity index (χ1) is 15.2. The first-order valence-corrected chi connectivity index (χ1v) is 11.8. The lowest BCUT2D eigenvalue weighted by Gasteiger charge is -2.33. The SMILES string of the molecule is CCCCN(C(=O)CNC(=O)OC(C)(C)C)C(C(=O)NC1CCCCC1)c1ccccc1. The van der Waals surface area contributed by atoms with Crippen LogP contribution in [0.2, 0.25) is 0 Å². The van der Waals surface area contributed by atoms with Gasteiger partial charge in [0.15, 0.2) is 0 Å². The molecule has 1 aromatic rings. The Labute approximate surface area is 192 Å². The molecule has 1 aliphatic carbocycles. The number of nitrogens with one attached hydrogen (secondary N) is 2. The van der Waals surface area contributed by atoms with Gasteiger partial charge in [0.2, 0.25) is 11.8 Å². The van der Waals surface area contributed by atoms with Crippen LogP contribution in [-0.4, -0.2) is 47.5 Å². The molecule has 3 amide bonds. The van der Waals surface area contributed by atoms with Crippen molar-refractivity contribution in [2.75, 3.05) is 13.1 Å². The number of amides is 3. The van der Waals surface area contributed by atoms with E-state index in [0.717, 1.165) is 44.1 Å². The average Bonchev–Trinajstić information content (AvgIpc) is 2.75. The summed E-state index contributed by atoms with van der Waals surface area (Å²) in [7, 11) is 0. The van der Waals surface area contributed by atoms with Crippen LogP contribution in [-0.2, 0) is 14.3 Å². The Bertz CT molecular complexity index is 739. The van der Waals surface area contributed by atoms with Crippen LogP contribution < -0.4 is 10.6 Å². The fourth-order valence-electron chi connectivity index (χ4n) is 3.92. The fraction of sp³-hybridized carbons (Fsp3) is 0.640. The number of nitrogens with zero attached hydrogens (tertiary/aromatic N) is 1. The van der Waals surface area contributed by atoms with E-state index in [1.807, 2.05) is 37.3 Å². The molecule has 0 heterocycles. The van der Waals surface area contributed by atoms with Crippen molar-refractivity contribution >= 4 is 17.9 Å². The maximum absolute atomic E-state index is 13.4. The number of rotatable bonds is 9. The molecule has 0 bridgehead atoms. The van der Waals surface area contributed by atoms with E-state index in [2.05, 4.69) is 10.6 Å². The van der Waals surface area contributed by atoms with Crippen LogP contribution in [0.1, 0.15) is 84.2 Å². The van der Waals surface area contributed by atoms with E-state index in [-0.39, 0.29) is 24.4 Å². The van der Waals surface area contributed by atoms with Crippen molar-refractivity contribution < 1.29 is 19.1 Å². The molecule has 0 saturated heterocycles. The van der Waals surface area contributed by atoms with Crippen LogP contribution in [0, 0.1) is 0 Å². The summed E-state index contributed by atoms with van der Waals surface area (Å²) in [4.78, 5) is 40.3. The molecule has 1 saturated carbocycles. The molecule has 7 nitrogen and oxygen atoms in total. The number of ether oxygens (including phenoxy) is 1. The van der Waals surface area contributed by atoms with E-state index in [1.165, 1.54) is 6.42 Å². The van der Waals surface area contributed by atoms with Gasteiger partial charge in [0.05, 0.1) is 0 Å². The standard InChI is InChI=1S/C25H39N3O4/c1-5-6-17-28(21(29)18-26-24(31)32-25(2,3)4)22(19-13-9-7-10-14-19)23(30)27-20-15-11-8-12-16-20/h7,9-10,13-14,20,22H,5-6,8,11-12,15-18H2,1-4H3,(H,26,31)(H,27,30). The Kier molecular flexibility index (Phi) is 10.0. The van der Waals surface area contributed by atoms with E-state index < -0.39 is 17.7 Å². The van der Waals surface area contributed by atoms with Gasteiger partial charge >= 0.3 is 6.09 Å². The molecule has 2 rings (SSSR count).